The van der Waals surface area contributed by atoms with E-state index in [1.165, 1.54) is 0 Å². The fourth-order valence-corrected chi connectivity index (χ4v) is 3.46. The zero-order valence-electron chi connectivity index (χ0n) is 12.8. The van der Waals surface area contributed by atoms with Gasteiger partial charge in [0.1, 0.15) is 0 Å². The quantitative estimate of drug-likeness (QED) is 0.639. The van der Waals surface area contributed by atoms with Crippen molar-refractivity contribution in [2.45, 2.75) is 26.1 Å². The number of hydrogen-bond donors (Lipinski definition) is 0. The van der Waals surface area contributed by atoms with E-state index in [9.17, 15) is 5.26 Å². The van der Waals surface area contributed by atoms with Gasteiger partial charge in [-0.05, 0) is 44.0 Å². The molecular formula is C18H16Br2N2O. The van der Waals surface area contributed by atoms with Crippen LogP contribution in [0.2, 0.25) is 0 Å². The number of benzene rings is 1. The molecule has 5 heteroatoms. The van der Waals surface area contributed by atoms with Crippen molar-refractivity contribution >= 4 is 42.8 Å². The number of aromatic nitrogens is 1. The number of rotatable bonds is 4. The van der Waals surface area contributed by atoms with E-state index < -0.39 is 6.10 Å². The molecule has 118 valence electrons. The largest absolute Gasteiger partial charge is 0.354 e. The Morgan fingerprint density at radius 2 is 2.13 bits per heavy atom. The van der Waals surface area contributed by atoms with Gasteiger partial charge in [-0.3, -0.25) is 4.98 Å². The first-order chi connectivity index (χ1) is 10.9. The van der Waals surface area contributed by atoms with E-state index in [0.717, 1.165) is 19.9 Å². The van der Waals surface area contributed by atoms with Crippen LogP contribution in [0.15, 0.2) is 46.0 Å². The molecule has 1 saturated carbocycles. The van der Waals surface area contributed by atoms with Gasteiger partial charge in [-0.15, -0.1) is 0 Å². The summed E-state index contributed by atoms with van der Waals surface area (Å²) in [5.41, 5.74) is 1.74. The predicted octanol–water partition coefficient (Wildman–Crippen LogP) is 5.47. The van der Waals surface area contributed by atoms with Crippen LogP contribution in [0, 0.1) is 22.7 Å². The van der Waals surface area contributed by atoms with Crippen molar-refractivity contribution in [1.82, 2.24) is 4.98 Å². The van der Waals surface area contributed by atoms with E-state index in [0.29, 0.717) is 0 Å². The number of nitriles is 1. The lowest BCUT2D eigenvalue weighted by molar-refractivity contribution is 0.0529. The van der Waals surface area contributed by atoms with Gasteiger partial charge in [-0.2, -0.15) is 5.26 Å². The maximum absolute atomic E-state index is 9.53. The van der Waals surface area contributed by atoms with Gasteiger partial charge >= 0.3 is 0 Å². The second-order valence-electron chi connectivity index (χ2n) is 6.33. The first kappa shape index (κ1) is 16.6. The third-order valence-corrected chi connectivity index (χ3v) is 4.96. The molecule has 0 saturated heterocycles. The number of fused-ring (bicyclic) bond motifs is 1. The summed E-state index contributed by atoms with van der Waals surface area (Å²) in [5.74, 6) is 0.278. The van der Waals surface area contributed by atoms with E-state index in [1.807, 2.05) is 30.3 Å². The van der Waals surface area contributed by atoms with Crippen molar-refractivity contribution in [3.8, 4) is 6.07 Å². The maximum atomic E-state index is 9.53. The molecule has 3 nitrogen and oxygen atoms in total. The molecule has 0 spiro atoms. The number of ether oxygens (including phenoxy) is 1. The van der Waals surface area contributed by atoms with Crippen LogP contribution in [0.4, 0.5) is 0 Å². The van der Waals surface area contributed by atoms with Crippen molar-refractivity contribution in [1.29, 1.82) is 5.26 Å². The monoisotopic (exact) mass is 434 g/mol. The number of pyridine rings is 1. The molecule has 3 atom stereocenters. The molecule has 0 N–H and O–H groups in total. The molecule has 1 heterocycles. The fraction of sp³-hybridized carbons (Fsp3) is 0.333. The maximum Gasteiger partial charge on any atom is 0.170 e. The van der Waals surface area contributed by atoms with Crippen molar-refractivity contribution < 1.29 is 4.74 Å². The van der Waals surface area contributed by atoms with Crippen LogP contribution in [0.3, 0.4) is 0 Å². The average molecular weight is 436 g/mol. The number of halogens is 2. The van der Waals surface area contributed by atoms with E-state index >= 15 is 0 Å². The average Bonchev–Trinajstić information content (AvgIpc) is 3.03. The Balaban J connectivity index is 1.83. The molecule has 1 aliphatic rings. The minimum atomic E-state index is -0.608. The Morgan fingerprint density at radius 1 is 1.39 bits per heavy atom. The van der Waals surface area contributed by atoms with Crippen LogP contribution in [-0.4, -0.2) is 11.1 Å². The van der Waals surface area contributed by atoms with Gasteiger partial charge in [0, 0.05) is 28.5 Å². The zero-order chi connectivity index (χ0) is 16.6. The van der Waals surface area contributed by atoms with Crippen LogP contribution in [0.1, 0.15) is 25.5 Å². The van der Waals surface area contributed by atoms with Crippen molar-refractivity contribution in [3.63, 3.8) is 0 Å². The fourth-order valence-electron chi connectivity index (χ4n) is 2.89. The Bertz CT molecular complexity index is 806. The Morgan fingerprint density at radius 3 is 2.83 bits per heavy atom. The van der Waals surface area contributed by atoms with Crippen molar-refractivity contribution in [2.75, 3.05) is 0 Å². The summed E-state index contributed by atoms with van der Waals surface area (Å²) in [6.07, 6.45) is 3.22. The second kappa shape index (κ2) is 6.35. The molecule has 0 unspecified atom stereocenters. The highest BCUT2D eigenvalue weighted by atomic mass is 79.9. The van der Waals surface area contributed by atoms with Crippen LogP contribution in [0.25, 0.3) is 10.9 Å². The van der Waals surface area contributed by atoms with Crippen molar-refractivity contribution in [2.24, 2.45) is 11.3 Å². The van der Waals surface area contributed by atoms with Gasteiger partial charge in [0.2, 0.25) is 0 Å². The molecule has 2 aromatic rings. The molecule has 23 heavy (non-hydrogen) atoms. The van der Waals surface area contributed by atoms with E-state index in [4.69, 9.17) is 4.74 Å². The summed E-state index contributed by atoms with van der Waals surface area (Å²) in [4.78, 5) is 4.42. The van der Waals surface area contributed by atoms with Gasteiger partial charge in [0.05, 0.1) is 21.1 Å². The first-order valence-corrected chi connectivity index (χ1v) is 8.94. The standard InChI is InChI=1S/C18H16Br2N2O/c1-18(2)13(8-16(19)20)17(18)23-15(9-21)12-7-11-5-3-4-6-14(11)22-10-12/h3-8,10,13,15,17H,1-2H3/t13-,15+,17+/m1/s1. The minimum Gasteiger partial charge on any atom is -0.354 e. The molecule has 1 aromatic heterocycles. The zero-order valence-corrected chi connectivity index (χ0v) is 16.0. The lowest BCUT2D eigenvalue weighted by Crippen LogP contribution is -2.08. The van der Waals surface area contributed by atoms with E-state index in [1.54, 1.807) is 6.20 Å². The second-order valence-corrected chi connectivity index (χ2v) is 9.10. The predicted molar refractivity (Wildman–Crippen MR) is 98.2 cm³/mol. The summed E-state index contributed by atoms with van der Waals surface area (Å²) in [6.45, 7) is 4.30. The molecule has 1 aliphatic carbocycles. The Hall–Kier alpha value is -1.22. The normalized spacial score (nSPS) is 23.1. The molecule has 0 bridgehead atoms. The lowest BCUT2D eigenvalue weighted by Gasteiger charge is -2.12. The number of para-hydroxylation sites is 1. The third kappa shape index (κ3) is 3.35. The highest BCUT2D eigenvalue weighted by molar-refractivity contribution is 9.28. The smallest absolute Gasteiger partial charge is 0.170 e. The molecule has 1 fully saturated rings. The summed E-state index contributed by atoms with van der Waals surface area (Å²) in [7, 11) is 0. The molecule has 1 aromatic carbocycles. The highest BCUT2D eigenvalue weighted by Gasteiger charge is 2.58. The molecule has 3 rings (SSSR count). The number of nitrogens with zero attached hydrogens (tertiary/aromatic N) is 2. The lowest BCUT2D eigenvalue weighted by atomic mass is 10.1. The van der Waals surface area contributed by atoms with Gasteiger partial charge in [0.15, 0.2) is 6.10 Å². The highest BCUT2D eigenvalue weighted by Crippen LogP contribution is 2.57. The topological polar surface area (TPSA) is 45.9 Å². The van der Waals surface area contributed by atoms with Gasteiger partial charge in [-0.1, -0.05) is 38.1 Å². The van der Waals surface area contributed by atoms with Crippen LogP contribution in [-0.2, 0) is 4.74 Å². The summed E-state index contributed by atoms with van der Waals surface area (Å²) < 4.78 is 7.00. The van der Waals surface area contributed by atoms with Crippen LogP contribution in [0.5, 0.6) is 0 Å². The Labute approximate surface area is 152 Å². The van der Waals surface area contributed by atoms with E-state index in [-0.39, 0.29) is 17.4 Å². The molecule has 0 amide bonds. The van der Waals surface area contributed by atoms with Gasteiger partial charge < -0.3 is 4.74 Å². The molecule has 0 radical (unpaired) electrons. The summed E-state index contributed by atoms with van der Waals surface area (Å²) in [6, 6.07) is 12.1. The summed E-state index contributed by atoms with van der Waals surface area (Å²) >= 11 is 6.79. The van der Waals surface area contributed by atoms with Gasteiger partial charge in [0.25, 0.3) is 0 Å². The summed E-state index contributed by atoms with van der Waals surface area (Å²) in [5, 5.41) is 10.5. The first-order valence-electron chi connectivity index (χ1n) is 7.36. The molecular weight excluding hydrogens is 420 g/mol. The minimum absolute atomic E-state index is 0.0173. The Kier molecular flexibility index (Phi) is 4.59. The SMILES string of the molecule is CC1(C)[C@H](C=C(Br)Br)[C@@H]1O[C@@H](C#N)c1cnc2ccccc2c1. The van der Waals surface area contributed by atoms with Crippen LogP contribution < -0.4 is 0 Å². The third-order valence-electron chi connectivity index (χ3n) is 4.43. The van der Waals surface area contributed by atoms with E-state index in [2.05, 4.69) is 62.8 Å². The van der Waals surface area contributed by atoms with Crippen LogP contribution >= 0.6 is 31.9 Å². The van der Waals surface area contributed by atoms with Crippen molar-refractivity contribution in [3.05, 3.63) is 51.6 Å². The molecule has 0 aliphatic heterocycles. The van der Waals surface area contributed by atoms with Gasteiger partial charge in [-0.25, -0.2) is 0 Å². The number of hydrogen-bond acceptors (Lipinski definition) is 3.